The molecule has 10 heteroatoms. The van der Waals surface area contributed by atoms with E-state index in [4.69, 9.17) is 26.8 Å². The van der Waals surface area contributed by atoms with Gasteiger partial charge in [-0.25, -0.2) is 4.99 Å². The Labute approximate surface area is 215 Å². The third kappa shape index (κ3) is 4.98. The SMILES string of the molecule is CCOc1cc(/C=c2\sc3n(c2=O)C(c2ccccc2)C(C(C)=O)=C(C)N=3)c(Cl)cc1OCC(N)=O. The van der Waals surface area contributed by atoms with Gasteiger partial charge in [0, 0.05) is 17.3 Å². The first-order chi connectivity index (χ1) is 17.2. The molecule has 0 radical (unpaired) electrons. The van der Waals surface area contributed by atoms with Gasteiger partial charge < -0.3 is 15.2 Å². The van der Waals surface area contributed by atoms with Gasteiger partial charge in [0.15, 0.2) is 28.7 Å². The number of halogens is 1. The highest BCUT2D eigenvalue weighted by atomic mass is 35.5. The number of amides is 1. The quantitative estimate of drug-likeness (QED) is 0.486. The molecule has 1 aliphatic heterocycles. The van der Waals surface area contributed by atoms with Crippen LogP contribution in [0.5, 0.6) is 11.5 Å². The Morgan fingerprint density at radius 3 is 2.53 bits per heavy atom. The molecule has 8 nitrogen and oxygen atoms in total. The lowest BCUT2D eigenvalue weighted by Gasteiger charge is -2.24. The lowest BCUT2D eigenvalue weighted by atomic mass is 9.93. The highest BCUT2D eigenvalue weighted by molar-refractivity contribution is 7.07. The van der Waals surface area contributed by atoms with Crippen LogP contribution in [-0.4, -0.2) is 29.5 Å². The number of nitrogens with two attached hydrogens (primary N) is 1. The molecule has 1 aliphatic rings. The van der Waals surface area contributed by atoms with Gasteiger partial charge in [-0.2, -0.15) is 0 Å². The highest BCUT2D eigenvalue weighted by Crippen LogP contribution is 2.34. The average Bonchev–Trinajstić information content (AvgIpc) is 3.14. The predicted octanol–water partition coefficient (Wildman–Crippen LogP) is 2.74. The van der Waals surface area contributed by atoms with E-state index in [2.05, 4.69) is 4.99 Å². The summed E-state index contributed by atoms with van der Waals surface area (Å²) in [5, 5.41) is 0.295. The Morgan fingerprint density at radius 1 is 1.19 bits per heavy atom. The Balaban J connectivity index is 1.88. The third-order valence-electron chi connectivity index (χ3n) is 5.54. The average molecular weight is 526 g/mol. The van der Waals surface area contributed by atoms with Crippen molar-refractivity contribution in [2.24, 2.45) is 10.7 Å². The topological polar surface area (TPSA) is 113 Å². The van der Waals surface area contributed by atoms with E-state index in [0.29, 0.717) is 43.5 Å². The normalized spacial score (nSPS) is 15.3. The van der Waals surface area contributed by atoms with Crippen LogP contribution >= 0.6 is 22.9 Å². The Kier molecular flexibility index (Phi) is 7.42. The summed E-state index contributed by atoms with van der Waals surface area (Å²) in [6.45, 7) is 5.09. The molecule has 0 bridgehead atoms. The summed E-state index contributed by atoms with van der Waals surface area (Å²) >= 11 is 7.70. The van der Waals surface area contributed by atoms with Crippen LogP contribution in [0.15, 0.2) is 63.5 Å². The van der Waals surface area contributed by atoms with Crippen molar-refractivity contribution in [3.8, 4) is 11.5 Å². The molecule has 2 heterocycles. The third-order valence-corrected chi connectivity index (χ3v) is 6.85. The number of allylic oxidation sites excluding steroid dienone is 2. The molecule has 2 N–H and O–H groups in total. The lowest BCUT2D eigenvalue weighted by molar-refractivity contribution is -0.120. The number of ketones is 1. The minimum absolute atomic E-state index is 0.143. The maximum absolute atomic E-state index is 13.6. The molecule has 1 unspecified atom stereocenters. The number of Topliss-reactive ketones (excluding diaryl/α,β-unsaturated/α-hetero) is 1. The van der Waals surface area contributed by atoms with E-state index in [9.17, 15) is 14.4 Å². The van der Waals surface area contributed by atoms with Crippen molar-refractivity contribution in [3.63, 3.8) is 0 Å². The number of carbonyl (C=O) groups is 2. The van der Waals surface area contributed by atoms with Crippen molar-refractivity contribution >= 4 is 40.7 Å². The zero-order valence-electron chi connectivity index (χ0n) is 19.9. The van der Waals surface area contributed by atoms with E-state index < -0.39 is 11.9 Å². The molecule has 2 aromatic carbocycles. The van der Waals surface area contributed by atoms with E-state index in [1.807, 2.05) is 37.3 Å². The van der Waals surface area contributed by atoms with Crippen LogP contribution in [-0.2, 0) is 9.59 Å². The number of nitrogens with zero attached hydrogens (tertiary/aromatic N) is 2. The van der Waals surface area contributed by atoms with Crippen molar-refractivity contribution in [3.05, 3.63) is 89.6 Å². The van der Waals surface area contributed by atoms with Crippen molar-refractivity contribution in [2.45, 2.75) is 26.8 Å². The summed E-state index contributed by atoms with van der Waals surface area (Å²) in [7, 11) is 0. The molecule has 1 atom stereocenters. The molecule has 0 spiro atoms. The first kappa shape index (κ1) is 25.4. The van der Waals surface area contributed by atoms with E-state index in [-0.39, 0.29) is 23.7 Å². The minimum atomic E-state index is -0.632. The van der Waals surface area contributed by atoms with Gasteiger partial charge in [-0.3, -0.25) is 19.0 Å². The van der Waals surface area contributed by atoms with Gasteiger partial charge >= 0.3 is 0 Å². The molecular formula is C26H24ClN3O5S. The highest BCUT2D eigenvalue weighted by Gasteiger charge is 2.30. The summed E-state index contributed by atoms with van der Waals surface area (Å²) in [5.74, 6) is -0.147. The predicted molar refractivity (Wildman–Crippen MR) is 138 cm³/mol. The van der Waals surface area contributed by atoms with Crippen molar-refractivity contribution in [2.75, 3.05) is 13.2 Å². The maximum Gasteiger partial charge on any atom is 0.271 e. The van der Waals surface area contributed by atoms with Gasteiger partial charge in [0.05, 0.1) is 22.2 Å². The van der Waals surface area contributed by atoms with Crippen LogP contribution in [0.3, 0.4) is 0 Å². The number of benzene rings is 2. The van der Waals surface area contributed by atoms with E-state index >= 15 is 0 Å². The number of aromatic nitrogens is 1. The molecule has 36 heavy (non-hydrogen) atoms. The summed E-state index contributed by atoms with van der Waals surface area (Å²) in [6.07, 6.45) is 1.65. The van der Waals surface area contributed by atoms with Gasteiger partial charge in [0.1, 0.15) is 0 Å². The molecular weight excluding hydrogens is 502 g/mol. The second-order valence-corrected chi connectivity index (χ2v) is 9.47. The molecule has 0 aliphatic carbocycles. The number of primary amides is 1. The first-order valence-corrected chi connectivity index (χ1v) is 12.4. The zero-order chi connectivity index (χ0) is 26.0. The molecule has 186 valence electrons. The minimum Gasteiger partial charge on any atom is -0.490 e. The van der Waals surface area contributed by atoms with Crippen LogP contribution in [0.2, 0.25) is 5.02 Å². The fourth-order valence-corrected chi connectivity index (χ4v) is 5.30. The second kappa shape index (κ2) is 10.5. The van der Waals surface area contributed by atoms with Crippen molar-refractivity contribution in [1.82, 2.24) is 4.57 Å². The number of carbonyl (C=O) groups excluding carboxylic acids is 2. The molecule has 0 saturated heterocycles. The zero-order valence-corrected chi connectivity index (χ0v) is 21.5. The van der Waals surface area contributed by atoms with Gasteiger partial charge in [0.2, 0.25) is 0 Å². The van der Waals surface area contributed by atoms with Crippen LogP contribution < -0.4 is 30.1 Å². The van der Waals surface area contributed by atoms with E-state index in [1.54, 1.807) is 23.6 Å². The number of hydrogen-bond acceptors (Lipinski definition) is 7. The molecule has 4 rings (SSSR count). The Hall–Kier alpha value is -3.69. The number of hydrogen-bond donors (Lipinski definition) is 1. The Morgan fingerprint density at radius 2 is 1.89 bits per heavy atom. The largest absolute Gasteiger partial charge is 0.490 e. The van der Waals surface area contributed by atoms with Crippen molar-refractivity contribution < 1.29 is 19.1 Å². The molecule has 0 fully saturated rings. The maximum atomic E-state index is 13.6. The number of fused-ring (bicyclic) bond motifs is 1. The molecule has 3 aromatic rings. The number of ether oxygens (including phenoxy) is 2. The molecule has 1 amide bonds. The standard InChI is InChI=1S/C26H24ClN3O5S/c1-4-34-19-10-17(18(27)12-20(19)35-13-22(28)32)11-21-25(33)30-24(16-8-6-5-7-9-16)23(15(3)31)14(2)29-26(30)36-21/h5-12,24H,4,13H2,1-3H3,(H2,28,32)/b21-11-. The van der Waals surface area contributed by atoms with Gasteiger partial charge in [-0.1, -0.05) is 53.3 Å². The fraction of sp³-hybridized carbons (Fsp3) is 0.231. The summed E-state index contributed by atoms with van der Waals surface area (Å²) in [5.41, 5.74) is 7.29. The van der Waals surface area contributed by atoms with Crippen molar-refractivity contribution in [1.29, 1.82) is 0 Å². The van der Waals surface area contributed by atoms with Gasteiger partial charge in [-0.05, 0) is 44.0 Å². The molecule has 1 aromatic heterocycles. The number of thiazole rings is 1. The second-order valence-electron chi connectivity index (χ2n) is 8.06. The molecule has 0 saturated carbocycles. The lowest BCUT2D eigenvalue weighted by Crippen LogP contribution is -2.39. The summed E-state index contributed by atoms with van der Waals surface area (Å²) < 4.78 is 13.0. The van der Waals surface area contributed by atoms with E-state index in [0.717, 1.165) is 5.56 Å². The van der Waals surface area contributed by atoms with Crippen LogP contribution in [0, 0.1) is 0 Å². The summed E-state index contributed by atoms with van der Waals surface area (Å²) in [6, 6.07) is 12.0. The Bertz CT molecular complexity index is 1560. The van der Waals surface area contributed by atoms with Crippen LogP contribution in [0.4, 0.5) is 0 Å². The fourth-order valence-electron chi connectivity index (χ4n) is 4.05. The van der Waals surface area contributed by atoms with Gasteiger partial charge in [0.25, 0.3) is 11.5 Å². The van der Waals surface area contributed by atoms with Gasteiger partial charge in [-0.15, -0.1) is 0 Å². The summed E-state index contributed by atoms with van der Waals surface area (Å²) in [4.78, 5) is 42.4. The first-order valence-electron chi connectivity index (χ1n) is 11.2. The van der Waals surface area contributed by atoms with Crippen LogP contribution in [0.1, 0.15) is 37.9 Å². The number of rotatable bonds is 8. The van der Waals surface area contributed by atoms with Crippen LogP contribution in [0.25, 0.3) is 6.08 Å². The smallest absolute Gasteiger partial charge is 0.271 e. The monoisotopic (exact) mass is 525 g/mol. The van der Waals surface area contributed by atoms with E-state index in [1.165, 1.54) is 24.3 Å².